The lowest BCUT2D eigenvalue weighted by Gasteiger charge is -2.59. The molecule has 3 aromatic rings. The van der Waals surface area contributed by atoms with Crippen LogP contribution in [-0.2, 0) is 13.6 Å². The molecular weight excluding hydrogens is 567 g/mol. The Balaban J connectivity index is 2.56. The van der Waals surface area contributed by atoms with Gasteiger partial charge in [0.15, 0.2) is 0 Å². The molecule has 0 aliphatic carbocycles. The average Bonchev–Trinajstić information content (AvgIpc) is 2.89. The zero-order chi connectivity index (χ0) is 30.5. The molecule has 3 rings (SSSR count). The van der Waals surface area contributed by atoms with E-state index in [-0.39, 0.29) is 6.42 Å². The van der Waals surface area contributed by atoms with Crippen molar-refractivity contribution in [3.63, 3.8) is 0 Å². The van der Waals surface area contributed by atoms with Crippen LogP contribution in [0, 0.1) is 0 Å². The van der Waals surface area contributed by atoms with Gasteiger partial charge >= 0.3 is 13.8 Å². The Morgan fingerprint density at radius 3 is 1.37 bits per heavy atom. The molecule has 0 N–H and O–H groups in total. The van der Waals surface area contributed by atoms with Crippen molar-refractivity contribution < 1.29 is 31.9 Å². The standard InChI is InChI=1S/C32H41F3O4P2/c1-7-23-30(6,31(36,32(33,34)35)24-40(37,38-25(2)3)39-26(4)5)41(27-17-11-8-12-18-27,28-19-13-9-14-20-28)29-21-15-10-16-22-29/h8-22,25-26H,7,23-24H2,1-6H3. The summed E-state index contributed by atoms with van der Waals surface area (Å²) in [5.41, 5.74) is -3.72. The molecule has 0 bridgehead atoms. The van der Waals surface area contributed by atoms with Gasteiger partial charge in [-0.2, -0.15) is 13.2 Å². The summed E-state index contributed by atoms with van der Waals surface area (Å²) >= 11 is 0. The van der Waals surface area contributed by atoms with Gasteiger partial charge in [0.25, 0.3) is 0 Å². The molecule has 0 fully saturated rings. The smallest absolute Gasteiger partial charge is 0.384 e. The summed E-state index contributed by atoms with van der Waals surface area (Å²) in [5, 5.41) is 15.2. The van der Waals surface area contributed by atoms with Gasteiger partial charge in [0.05, 0.1) is 23.5 Å². The van der Waals surface area contributed by atoms with Crippen molar-refractivity contribution in [2.24, 2.45) is 0 Å². The SMILES string of the molecule is CCCC(C)(C([O-])(CP(=O)(OC(C)C)OC(C)C)C(F)(F)F)[P+](c1ccccc1)(c1ccccc1)c1ccccc1. The Labute approximate surface area is 243 Å². The zero-order valence-electron chi connectivity index (χ0n) is 24.6. The summed E-state index contributed by atoms with van der Waals surface area (Å²) in [4.78, 5) is 0. The van der Waals surface area contributed by atoms with Crippen LogP contribution in [0.25, 0.3) is 0 Å². The molecule has 3 aromatic carbocycles. The monoisotopic (exact) mass is 608 g/mol. The Bertz CT molecular complexity index is 1180. The second-order valence-corrected chi connectivity index (χ2v) is 16.9. The van der Waals surface area contributed by atoms with E-state index in [1.165, 1.54) is 6.92 Å². The Morgan fingerprint density at radius 1 is 0.756 bits per heavy atom. The van der Waals surface area contributed by atoms with Crippen LogP contribution in [0.2, 0.25) is 0 Å². The summed E-state index contributed by atoms with van der Waals surface area (Å²) in [7, 11) is -7.96. The quantitative estimate of drug-likeness (QED) is 0.192. The number of hydrogen-bond acceptors (Lipinski definition) is 4. The molecule has 0 amide bonds. The maximum absolute atomic E-state index is 15.7. The Kier molecular flexibility index (Phi) is 10.7. The first-order valence-electron chi connectivity index (χ1n) is 14.0. The van der Waals surface area contributed by atoms with Crippen LogP contribution in [0.3, 0.4) is 0 Å². The molecule has 0 radical (unpaired) electrons. The largest absolute Gasteiger partial charge is 0.839 e. The Hall–Kier alpha value is -2.01. The molecule has 0 aromatic heterocycles. The number of benzene rings is 3. The van der Waals surface area contributed by atoms with E-state index in [2.05, 4.69) is 0 Å². The molecule has 0 heterocycles. The normalized spacial score (nSPS) is 16.0. The summed E-state index contributed by atoms with van der Waals surface area (Å²) in [6, 6.07) is 27.0. The highest BCUT2D eigenvalue weighted by molar-refractivity contribution is 7.97. The molecule has 0 spiro atoms. The Morgan fingerprint density at radius 2 is 1.10 bits per heavy atom. The van der Waals surface area contributed by atoms with Crippen LogP contribution < -0.4 is 21.0 Å². The van der Waals surface area contributed by atoms with Gasteiger partial charge in [-0.05, 0) is 77.4 Å². The van der Waals surface area contributed by atoms with Crippen LogP contribution in [-0.4, -0.2) is 35.3 Å². The fourth-order valence-electron chi connectivity index (χ4n) is 5.96. The van der Waals surface area contributed by atoms with E-state index in [0.717, 1.165) is 0 Å². The van der Waals surface area contributed by atoms with Crippen molar-refractivity contribution in [2.75, 3.05) is 6.16 Å². The molecule has 0 aliphatic rings. The molecule has 0 saturated carbocycles. The summed E-state index contributed by atoms with van der Waals surface area (Å²) < 4.78 is 72.4. The lowest BCUT2D eigenvalue weighted by molar-refractivity contribution is -0.540. The van der Waals surface area contributed by atoms with E-state index < -0.39 is 50.2 Å². The minimum absolute atomic E-state index is 0.0776. The lowest BCUT2D eigenvalue weighted by Crippen LogP contribution is -2.74. The van der Waals surface area contributed by atoms with Crippen LogP contribution in [0.15, 0.2) is 91.0 Å². The van der Waals surface area contributed by atoms with E-state index in [1.54, 1.807) is 89.2 Å². The molecule has 2 atom stereocenters. The van der Waals surface area contributed by atoms with E-state index in [4.69, 9.17) is 9.05 Å². The second-order valence-electron chi connectivity index (χ2n) is 11.1. The first kappa shape index (κ1) is 33.5. The third kappa shape index (κ3) is 6.50. The van der Waals surface area contributed by atoms with Crippen molar-refractivity contribution in [1.82, 2.24) is 0 Å². The van der Waals surface area contributed by atoms with Crippen LogP contribution >= 0.6 is 14.9 Å². The van der Waals surface area contributed by atoms with E-state index in [0.29, 0.717) is 22.3 Å². The predicted octanol–water partition coefficient (Wildman–Crippen LogP) is 7.24. The molecule has 0 aliphatic heterocycles. The van der Waals surface area contributed by atoms with Crippen molar-refractivity contribution in [3.8, 4) is 0 Å². The van der Waals surface area contributed by atoms with Gasteiger partial charge in [0.2, 0.25) is 0 Å². The minimum atomic E-state index is -5.29. The number of hydrogen-bond donors (Lipinski definition) is 0. The third-order valence-corrected chi connectivity index (χ3v) is 15.0. The number of rotatable bonds is 13. The van der Waals surface area contributed by atoms with Gasteiger partial charge < -0.3 is 14.2 Å². The molecule has 41 heavy (non-hydrogen) atoms. The van der Waals surface area contributed by atoms with Crippen molar-refractivity contribution in [1.29, 1.82) is 0 Å². The van der Waals surface area contributed by atoms with Gasteiger partial charge in [-0.15, -0.1) is 0 Å². The van der Waals surface area contributed by atoms with Crippen LogP contribution in [0.5, 0.6) is 0 Å². The predicted molar refractivity (Wildman–Crippen MR) is 162 cm³/mol. The second kappa shape index (κ2) is 13.1. The first-order chi connectivity index (χ1) is 19.2. The molecule has 4 nitrogen and oxygen atoms in total. The highest BCUT2D eigenvalue weighted by atomic mass is 31.2. The molecule has 2 unspecified atom stereocenters. The third-order valence-electron chi connectivity index (χ3n) is 7.39. The molecule has 9 heteroatoms. The van der Waals surface area contributed by atoms with Crippen molar-refractivity contribution in [2.45, 2.75) is 83.5 Å². The molecule has 0 saturated heterocycles. The van der Waals surface area contributed by atoms with E-state index >= 15 is 18.3 Å². The fraction of sp³-hybridized carbons (Fsp3) is 0.438. The van der Waals surface area contributed by atoms with Gasteiger partial charge in [-0.25, -0.2) is 0 Å². The zero-order valence-corrected chi connectivity index (χ0v) is 26.4. The van der Waals surface area contributed by atoms with Crippen LogP contribution in [0.1, 0.15) is 54.4 Å². The van der Waals surface area contributed by atoms with E-state index in [1.807, 2.05) is 36.4 Å². The average molecular weight is 609 g/mol. The van der Waals surface area contributed by atoms with Gasteiger partial charge in [0.1, 0.15) is 23.2 Å². The summed E-state index contributed by atoms with van der Waals surface area (Å²) in [5.74, 6) is 0. The van der Waals surface area contributed by atoms with Crippen LogP contribution in [0.4, 0.5) is 13.2 Å². The van der Waals surface area contributed by atoms with Crippen molar-refractivity contribution in [3.05, 3.63) is 91.0 Å². The lowest BCUT2D eigenvalue weighted by atomic mass is 9.85. The maximum atomic E-state index is 15.7. The highest BCUT2D eigenvalue weighted by Gasteiger charge is 2.72. The van der Waals surface area contributed by atoms with Gasteiger partial charge in [-0.1, -0.05) is 67.9 Å². The molecule has 224 valence electrons. The van der Waals surface area contributed by atoms with E-state index in [9.17, 15) is 4.57 Å². The topological polar surface area (TPSA) is 58.6 Å². The summed E-state index contributed by atoms with van der Waals surface area (Å²) in [6.45, 7) is 9.49. The highest BCUT2D eigenvalue weighted by Crippen LogP contribution is 2.73. The fourth-order valence-corrected chi connectivity index (χ4v) is 14.4. The maximum Gasteiger partial charge on any atom is 0.384 e. The van der Waals surface area contributed by atoms with Gasteiger partial charge in [-0.3, -0.25) is 4.57 Å². The number of halogens is 3. The van der Waals surface area contributed by atoms with Gasteiger partial charge in [0, 0.05) is 5.60 Å². The molecular formula is C32H41F3O4P2. The summed E-state index contributed by atoms with van der Waals surface area (Å²) in [6.07, 6.45) is -7.85. The first-order valence-corrected chi connectivity index (χ1v) is 17.5. The minimum Gasteiger partial charge on any atom is -0.839 e. The number of alkyl halides is 3. The van der Waals surface area contributed by atoms with Crippen molar-refractivity contribution >= 4 is 30.8 Å².